The van der Waals surface area contributed by atoms with Crippen LogP contribution in [0, 0.1) is 11.3 Å². The normalized spacial score (nSPS) is 12.8. The van der Waals surface area contributed by atoms with E-state index in [1.54, 1.807) is 0 Å². The molecular formula is C28H22ClN3O. The van der Waals surface area contributed by atoms with Crippen molar-refractivity contribution in [3.05, 3.63) is 100 Å². The van der Waals surface area contributed by atoms with E-state index in [9.17, 15) is 0 Å². The molecule has 0 aliphatic carbocycles. The van der Waals surface area contributed by atoms with Crippen LogP contribution in [0.5, 0.6) is 5.75 Å². The zero-order chi connectivity index (χ0) is 22.6. The SMILES string of the molecule is N#CCOc1cccc2c1N(Cc1cccc(/C=C/c3ccc4ccc(Cl)cc4n3)c1)CC2. The van der Waals surface area contributed by atoms with Crippen LogP contribution in [0.25, 0.3) is 23.1 Å². The maximum atomic E-state index is 8.90. The summed E-state index contributed by atoms with van der Waals surface area (Å²) in [6.45, 7) is 1.78. The lowest BCUT2D eigenvalue weighted by Crippen LogP contribution is -2.20. The molecule has 4 aromatic rings. The van der Waals surface area contributed by atoms with E-state index in [1.165, 1.54) is 11.1 Å². The second kappa shape index (κ2) is 9.36. The largest absolute Gasteiger partial charge is 0.477 e. The number of benzene rings is 3. The number of para-hydroxylation sites is 1. The van der Waals surface area contributed by atoms with E-state index in [4.69, 9.17) is 26.6 Å². The molecule has 5 rings (SSSR count). The number of halogens is 1. The molecule has 0 bridgehead atoms. The molecule has 0 fully saturated rings. The maximum absolute atomic E-state index is 8.90. The van der Waals surface area contributed by atoms with E-state index in [0.29, 0.717) is 5.02 Å². The molecule has 33 heavy (non-hydrogen) atoms. The Hall–Kier alpha value is -3.81. The first-order chi connectivity index (χ1) is 16.2. The Bertz CT molecular complexity index is 1390. The van der Waals surface area contributed by atoms with E-state index < -0.39 is 0 Å². The van der Waals surface area contributed by atoms with Crippen molar-refractivity contribution in [3.8, 4) is 11.8 Å². The minimum atomic E-state index is 0.0551. The first kappa shape index (κ1) is 21.1. The zero-order valence-electron chi connectivity index (χ0n) is 18.0. The van der Waals surface area contributed by atoms with E-state index in [2.05, 4.69) is 53.4 Å². The minimum Gasteiger partial charge on any atom is -0.477 e. The molecule has 1 aliphatic heterocycles. The van der Waals surface area contributed by atoms with Gasteiger partial charge < -0.3 is 9.64 Å². The van der Waals surface area contributed by atoms with Crippen LogP contribution in [-0.4, -0.2) is 18.1 Å². The van der Waals surface area contributed by atoms with Crippen LogP contribution in [0.15, 0.2) is 72.8 Å². The van der Waals surface area contributed by atoms with Crippen LogP contribution in [0.4, 0.5) is 5.69 Å². The lowest BCUT2D eigenvalue weighted by Gasteiger charge is -2.22. The molecule has 4 nitrogen and oxygen atoms in total. The summed E-state index contributed by atoms with van der Waals surface area (Å²) >= 11 is 6.11. The summed E-state index contributed by atoms with van der Waals surface area (Å²) in [7, 11) is 0. The van der Waals surface area contributed by atoms with Crippen molar-refractivity contribution in [2.24, 2.45) is 0 Å². The van der Waals surface area contributed by atoms with Gasteiger partial charge in [0.25, 0.3) is 0 Å². The molecule has 0 saturated carbocycles. The summed E-state index contributed by atoms with van der Waals surface area (Å²) in [5.74, 6) is 0.782. The number of hydrogen-bond donors (Lipinski definition) is 0. The predicted octanol–water partition coefficient (Wildman–Crippen LogP) is 6.52. The lowest BCUT2D eigenvalue weighted by atomic mass is 10.1. The fraction of sp³-hybridized carbons (Fsp3) is 0.143. The summed E-state index contributed by atoms with van der Waals surface area (Å²) in [6.07, 6.45) is 5.09. The number of anilines is 1. The maximum Gasteiger partial charge on any atom is 0.174 e. The van der Waals surface area contributed by atoms with Gasteiger partial charge in [0.1, 0.15) is 11.8 Å². The molecule has 0 saturated heterocycles. The van der Waals surface area contributed by atoms with Crippen molar-refractivity contribution in [2.75, 3.05) is 18.1 Å². The van der Waals surface area contributed by atoms with E-state index in [-0.39, 0.29) is 6.61 Å². The molecule has 0 atom stereocenters. The Kier molecular flexibility index (Phi) is 5.97. The summed E-state index contributed by atoms with van der Waals surface area (Å²) in [5.41, 5.74) is 6.49. The lowest BCUT2D eigenvalue weighted by molar-refractivity contribution is 0.368. The van der Waals surface area contributed by atoms with Gasteiger partial charge in [-0.15, -0.1) is 0 Å². The van der Waals surface area contributed by atoms with Gasteiger partial charge in [-0.3, -0.25) is 0 Å². The second-order valence-electron chi connectivity index (χ2n) is 8.03. The van der Waals surface area contributed by atoms with Gasteiger partial charge in [0.2, 0.25) is 0 Å². The third-order valence-electron chi connectivity index (χ3n) is 5.79. The number of aromatic nitrogens is 1. The number of pyridine rings is 1. The van der Waals surface area contributed by atoms with Crippen molar-refractivity contribution in [2.45, 2.75) is 13.0 Å². The van der Waals surface area contributed by atoms with Gasteiger partial charge in [-0.1, -0.05) is 60.1 Å². The average Bonchev–Trinajstić information content (AvgIpc) is 3.24. The Balaban J connectivity index is 1.35. The number of ether oxygens (including phenoxy) is 1. The highest BCUT2D eigenvalue weighted by atomic mass is 35.5. The molecule has 0 unspecified atom stereocenters. The Morgan fingerprint density at radius 1 is 1.03 bits per heavy atom. The smallest absolute Gasteiger partial charge is 0.174 e. The Labute approximate surface area is 198 Å². The summed E-state index contributed by atoms with van der Waals surface area (Å²) in [4.78, 5) is 7.03. The number of fused-ring (bicyclic) bond motifs is 2. The fourth-order valence-electron chi connectivity index (χ4n) is 4.28. The highest BCUT2D eigenvalue weighted by Crippen LogP contribution is 2.38. The standard InChI is InChI=1S/C28H22ClN3O/c29-24-10-8-22-9-12-25(31-26(22)18-24)11-7-20-3-1-4-21(17-20)19-32-15-13-23-5-2-6-27(28(23)32)33-16-14-30/h1-12,17-18H,13,15-16,19H2/b11-7+. The van der Waals surface area contributed by atoms with Gasteiger partial charge in [-0.2, -0.15) is 5.26 Å². The van der Waals surface area contributed by atoms with E-state index in [1.807, 2.05) is 42.5 Å². The van der Waals surface area contributed by atoms with Crippen molar-refractivity contribution >= 4 is 40.3 Å². The molecule has 0 amide bonds. The van der Waals surface area contributed by atoms with Gasteiger partial charge in [-0.05, 0) is 59.5 Å². The second-order valence-corrected chi connectivity index (χ2v) is 8.47. The Morgan fingerprint density at radius 2 is 1.91 bits per heavy atom. The quantitative estimate of drug-likeness (QED) is 0.334. The first-order valence-corrected chi connectivity index (χ1v) is 11.3. The third-order valence-corrected chi connectivity index (χ3v) is 6.02. The molecule has 0 radical (unpaired) electrons. The topological polar surface area (TPSA) is 49.1 Å². The zero-order valence-corrected chi connectivity index (χ0v) is 18.8. The summed E-state index contributed by atoms with van der Waals surface area (Å²) in [5, 5.41) is 10.7. The summed E-state index contributed by atoms with van der Waals surface area (Å²) in [6, 6.07) is 26.5. The van der Waals surface area contributed by atoms with E-state index >= 15 is 0 Å². The minimum absolute atomic E-state index is 0.0551. The van der Waals surface area contributed by atoms with Crippen LogP contribution >= 0.6 is 11.6 Å². The van der Waals surface area contributed by atoms with Gasteiger partial charge in [-0.25, -0.2) is 4.98 Å². The van der Waals surface area contributed by atoms with Crippen molar-refractivity contribution in [1.29, 1.82) is 5.26 Å². The number of nitrogens with zero attached hydrogens (tertiary/aromatic N) is 3. The number of rotatable bonds is 6. The molecule has 0 spiro atoms. The van der Waals surface area contributed by atoms with Crippen LogP contribution in [0.3, 0.4) is 0 Å². The molecule has 0 N–H and O–H groups in total. The molecule has 1 aromatic heterocycles. The van der Waals surface area contributed by atoms with Crippen molar-refractivity contribution in [3.63, 3.8) is 0 Å². The van der Waals surface area contributed by atoms with Gasteiger partial charge in [0.15, 0.2) is 6.61 Å². The average molecular weight is 452 g/mol. The van der Waals surface area contributed by atoms with Crippen LogP contribution in [0.1, 0.15) is 22.4 Å². The molecule has 3 aromatic carbocycles. The Morgan fingerprint density at radius 3 is 2.82 bits per heavy atom. The van der Waals surface area contributed by atoms with Crippen molar-refractivity contribution in [1.82, 2.24) is 4.98 Å². The fourth-order valence-corrected chi connectivity index (χ4v) is 4.44. The molecular weight excluding hydrogens is 430 g/mol. The van der Waals surface area contributed by atoms with E-state index in [0.717, 1.165) is 53.1 Å². The number of nitriles is 1. The highest BCUT2D eigenvalue weighted by Gasteiger charge is 2.23. The van der Waals surface area contributed by atoms with Crippen LogP contribution in [0.2, 0.25) is 5.02 Å². The third kappa shape index (κ3) is 4.69. The summed E-state index contributed by atoms with van der Waals surface area (Å²) < 4.78 is 5.69. The molecule has 2 heterocycles. The predicted molar refractivity (Wildman–Crippen MR) is 134 cm³/mol. The van der Waals surface area contributed by atoms with Gasteiger partial charge in [0, 0.05) is 23.5 Å². The van der Waals surface area contributed by atoms with Crippen molar-refractivity contribution < 1.29 is 4.74 Å². The molecule has 1 aliphatic rings. The molecule has 5 heteroatoms. The first-order valence-electron chi connectivity index (χ1n) is 10.9. The van der Waals surface area contributed by atoms with Gasteiger partial charge >= 0.3 is 0 Å². The van der Waals surface area contributed by atoms with Gasteiger partial charge in [0.05, 0.1) is 16.9 Å². The van der Waals surface area contributed by atoms with Crippen LogP contribution < -0.4 is 9.64 Å². The highest BCUT2D eigenvalue weighted by molar-refractivity contribution is 6.31. The van der Waals surface area contributed by atoms with Crippen LogP contribution in [-0.2, 0) is 13.0 Å². The molecule has 162 valence electrons. The monoisotopic (exact) mass is 451 g/mol. The number of hydrogen-bond acceptors (Lipinski definition) is 4.